The van der Waals surface area contributed by atoms with E-state index >= 15 is 0 Å². The summed E-state index contributed by atoms with van der Waals surface area (Å²) in [5, 5.41) is 4.38. The Bertz CT molecular complexity index is 771. The average molecular weight is 329 g/mol. The lowest BCUT2D eigenvalue weighted by molar-refractivity contribution is 1.10. The fraction of sp³-hybridized carbons (Fsp3) is 0.0833. The van der Waals surface area contributed by atoms with Crippen LogP contribution in [0.25, 0.3) is 11.2 Å². The second kappa shape index (κ2) is 5.44. The van der Waals surface area contributed by atoms with Gasteiger partial charge in [-0.1, -0.05) is 40.9 Å². The highest BCUT2D eigenvalue weighted by Crippen LogP contribution is 2.33. The van der Waals surface area contributed by atoms with E-state index in [0.29, 0.717) is 33.1 Å². The fourth-order valence-corrected chi connectivity index (χ4v) is 2.40. The SMILES string of the molecule is Clc1ccc(CNc2ncnc3nc[nH]c23)c(Cl)c1Cl. The number of benzene rings is 1. The van der Waals surface area contributed by atoms with Crippen LogP contribution in [0.15, 0.2) is 24.8 Å². The molecule has 0 radical (unpaired) electrons. The van der Waals surface area contributed by atoms with Gasteiger partial charge in [-0.2, -0.15) is 0 Å². The molecule has 0 aliphatic carbocycles. The van der Waals surface area contributed by atoms with Crippen molar-refractivity contribution in [2.75, 3.05) is 5.32 Å². The fourth-order valence-electron chi connectivity index (χ4n) is 1.78. The van der Waals surface area contributed by atoms with Crippen molar-refractivity contribution in [3.05, 3.63) is 45.4 Å². The molecular formula is C12H8Cl3N5. The molecule has 2 heterocycles. The quantitative estimate of drug-likeness (QED) is 0.715. The minimum atomic E-state index is 0.349. The lowest BCUT2D eigenvalue weighted by Gasteiger charge is -2.09. The van der Waals surface area contributed by atoms with Gasteiger partial charge in [0.1, 0.15) is 11.8 Å². The number of nitrogens with one attached hydrogen (secondary N) is 2. The third-order valence-corrected chi connectivity index (χ3v) is 4.12. The van der Waals surface area contributed by atoms with Crippen LogP contribution in [0.2, 0.25) is 15.1 Å². The standard InChI is InChI=1S/C12H8Cl3N5/c13-7-2-1-6(8(14)9(7)15)3-16-11-10-12(18-4-17-10)20-5-19-11/h1-2,4-5H,3H2,(H2,16,17,18,19,20). The van der Waals surface area contributed by atoms with Crippen LogP contribution in [0.3, 0.4) is 0 Å². The lowest BCUT2D eigenvalue weighted by atomic mass is 10.2. The molecule has 8 heteroatoms. The molecule has 0 atom stereocenters. The number of aromatic nitrogens is 4. The Morgan fingerprint density at radius 2 is 1.90 bits per heavy atom. The Morgan fingerprint density at radius 3 is 2.75 bits per heavy atom. The highest BCUT2D eigenvalue weighted by Gasteiger charge is 2.10. The first-order chi connectivity index (χ1) is 9.66. The van der Waals surface area contributed by atoms with Crippen molar-refractivity contribution >= 4 is 51.8 Å². The number of H-pyrrole nitrogens is 1. The van der Waals surface area contributed by atoms with Crippen LogP contribution >= 0.6 is 34.8 Å². The lowest BCUT2D eigenvalue weighted by Crippen LogP contribution is -2.03. The first kappa shape index (κ1) is 13.4. The molecule has 0 unspecified atom stereocenters. The summed E-state index contributed by atoms with van der Waals surface area (Å²) in [6.07, 6.45) is 3.01. The number of anilines is 1. The summed E-state index contributed by atoms with van der Waals surface area (Å²) in [6, 6.07) is 3.52. The molecule has 5 nitrogen and oxygen atoms in total. The topological polar surface area (TPSA) is 66.5 Å². The maximum atomic E-state index is 6.15. The summed E-state index contributed by atoms with van der Waals surface area (Å²) in [7, 11) is 0. The second-order valence-corrected chi connectivity index (χ2v) is 5.17. The summed E-state index contributed by atoms with van der Waals surface area (Å²) in [5.41, 5.74) is 2.17. The zero-order valence-corrected chi connectivity index (χ0v) is 12.3. The van der Waals surface area contributed by atoms with E-state index in [4.69, 9.17) is 34.8 Å². The number of rotatable bonds is 3. The Kier molecular flexibility index (Phi) is 3.65. The molecular weight excluding hydrogens is 321 g/mol. The molecule has 0 aliphatic rings. The van der Waals surface area contributed by atoms with Gasteiger partial charge in [-0.25, -0.2) is 15.0 Å². The van der Waals surface area contributed by atoms with Crippen molar-refractivity contribution in [1.82, 2.24) is 19.9 Å². The van der Waals surface area contributed by atoms with Gasteiger partial charge in [0, 0.05) is 6.54 Å². The van der Waals surface area contributed by atoms with E-state index in [9.17, 15) is 0 Å². The van der Waals surface area contributed by atoms with Crippen LogP contribution < -0.4 is 5.32 Å². The van der Waals surface area contributed by atoms with Gasteiger partial charge in [0.2, 0.25) is 0 Å². The van der Waals surface area contributed by atoms with Crippen LogP contribution in [-0.2, 0) is 6.54 Å². The highest BCUT2D eigenvalue weighted by molar-refractivity contribution is 6.48. The molecule has 2 N–H and O–H groups in total. The van der Waals surface area contributed by atoms with Gasteiger partial charge in [-0.3, -0.25) is 0 Å². The summed E-state index contributed by atoms with van der Waals surface area (Å²) < 4.78 is 0. The summed E-state index contributed by atoms with van der Waals surface area (Å²) in [5.74, 6) is 0.648. The van der Waals surface area contributed by atoms with Crippen molar-refractivity contribution < 1.29 is 0 Å². The summed E-state index contributed by atoms with van der Waals surface area (Å²) in [4.78, 5) is 15.3. The van der Waals surface area contributed by atoms with Gasteiger partial charge >= 0.3 is 0 Å². The van der Waals surface area contributed by atoms with Gasteiger partial charge in [-0.15, -0.1) is 0 Å². The molecule has 1 aromatic carbocycles. The van der Waals surface area contributed by atoms with E-state index in [-0.39, 0.29) is 0 Å². The van der Waals surface area contributed by atoms with Gasteiger partial charge in [0.25, 0.3) is 0 Å². The van der Waals surface area contributed by atoms with Crippen molar-refractivity contribution in [1.29, 1.82) is 0 Å². The number of fused-ring (bicyclic) bond motifs is 1. The van der Waals surface area contributed by atoms with Crippen molar-refractivity contribution in [3.63, 3.8) is 0 Å². The number of imidazole rings is 1. The maximum absolute atomic E-state index is 6.15. The van der Waals surface area contributed by atoms with Crippen molar-refractivity contribution in [3.8, 4) is 0 Å². The maximum Gasteiger partial charge on any atom is 0.182 e. The molecule has 0 saturated heterocycles. The predicted octanol–water partition coefficient (Wildman–Crippen LogP) is 3.93. The molecule has 20 heavy (non-hydrogen) atoms. The third-order valence-electron chi connectivity index (χ3n) is 2.78. The van der Waals surface area contributed by atoms with Gasteiger partial charge in [-0.05, 0) is 11.6 Å². The first-order valence-corrected chi connectivity index (χ1v) is 6.80. The minimum Gasteiger partial charge on any atom is -0.364 e. The van der Waals surface area contributed by atoms with Gasteiger partial charge in [0.05, 0.1) is 21.4 Å². The Morgan fingerprint density at radius 1 is 1.05 bits per heavy atom. The third kappa shape index (κ3) is 2.40. The second-order valence-electron chi connectivity index (χ2n) is 4.01. The molecule has 0 bridgehead atoms. The summed E-state index contributed by atoms with van der Waals surface area (Å²) >= 11 is 18.1. The molecule has 0 spiro atoms. The average Bonchev–Trinajstić information content (AvgIpc) is 2.93. The predicted molar refractivity (Wildman–Crippen MR) is 80.5 cm³/mol. The van der Waals surface area contributed by atoms with E-state index in [1.165, 1.54) is 6.33 Å². The molecule has 3 aromatic rings. The molecule has 102 valence electrons. The van der Waals surface area contributed by atoms with Crippen molar-refractivity contribution in [2.45, 2.75) is 6.54 Å². The molecule has 0 saturated carbocycles. The zero-order valence-electron chi connectivity index (χ0n) is 9.99. The van der Waals surface area contributed by atoms with E-state index in [1.54, 1.807) is 12.4 Å². The number of halogens is 3. The van der Waals surface area contributed by atoms with Crippen LogP contribution in [0.5, 0.6) is 0 Å². The number of nitrogens with zero attached hydrogens (tertiary/aromatic N) is 3. The van der Waals surface area contributed by atoms with Gasteiger partial charge < -0.3 is 10.3 Å². The monoisotopic (exact) mass is 327 g/mol. The number of aromatic amines is 1. The Hall–Kier alpha value is -1.56. The molecule has 0 aliphatic heterocycles. The molecule has 0 amide bonds. The Labute approximate surface area is 129 Å². The van der Waals surface area contributed by atoms with Crippen molar-refractivity contribution in [2.24, 2.45) is 0 Å². The van der Waals surface area contributed by atoms with Crippen LogP contribution in [0.4, 0.5) is 5.82 Å². The largest absolute Gasteiger partial charge is 0.364 e. The molecule has 3 rings (SSSR count). The van der Waals surface area contributed by atoms with Crippen LogP contribution in [0.1, 0.15) is 5.56 Å². The molecule has 0 fully saturated rings. The molecule has 2 aromatic heterocycles. The number of hydrogen-bond donors (Lipinski definition) is 2. The van der Waals surface area contributed by atoms with E-state index in [2.05, 4.69) is 25.3 Å². The van der Waals surface area contributed by atoms with E-state index in [0.717, 1.165) is 11.1 Å². The highest BCUT2D eigenvalue weighted by atomic mass is 35.5. The first-order valence-electron chi connectivity index (χ1n) is 5.67. The minimum absolute atomic E-state index is 0.349. The zero-order chi connectivity index (χ0) is 14.1. The normalized spacial score (nSPS) is 10.9. The van der Waals surface area contributed by atoms with Crippen LogP contribution in [-0.4, -0.2) is 19.9 Å². The smallest absolute Gasteiger partial charge is 0.182 e. The van der Waals surface area contributed by atoms with Gasteiger partial charge in [0.15, 0.2) is 11.5 Å². The van der Waals surface area contributed by atoms with E-state index < -0.39 is 0 Å². The van der Waals surface area contributed by atoms with E-state index in [1.807, 2.05) is 6.07 Å². The Balaban J connectivity index is 1.87. The van der Waals surface area contributed by atoms with Crippen LogP contribution in [0, 0.1) is 0 Å². The summed E-state index contributed by atoms with van der Waals surface area (Å²) in [6.45, 7) is 0.459. The number of hydrogen-bond acceptors (Lipinski definition) is 4.